The smallest absolute Gasteiger partial charge is 0.337 e. The quantitative estimate of drug-likeness (QED) is 0.0794. The molecule has 0 spiro atoms. The Bertz CT molecular complexity index is 1630. The summed E-state index contributed by atoms with van der Waals surface area (Å²) in [5.74, 6) is 1.04. The molecule has 1 heterocycles. The summed E-state index contributed by atoms with van der Waals surface area (Å²) in [6, 6.07) is 14.3. The Morgan fingerprint density at radius 1 is 1.04 bits per heavy atom. The van der Waals surface area contributed by atoms with Gasteiger partial charge in [-0.2, -0.15) is 5.10 Å². The number of allylic oxidation sites excluding steroid dienone is 1. The number of carbonyl (C=O) groups excluding carboxylic acids is 2. The van der Waals surface area contributed by atoms with Gasteiger partial charge in [0.2, 0.25) is 0 Å². The third-order valence-electron chi connectivity index (χ3n) is 6.70. The number of para-hydroxylation sites is 1. The number of urea groups is 1. The van der Waals surface area contributed by atoms with Gasteiger partial charge >= 0.3 is 12.0 Å². The van der Waals surface area contributed by atoms with Crippen molar-refractivity contribution >= 4 is 41.4 Å². The number of hydrogen-bond donors (Lipinski definition) is 4. The summed E-state index contributed by atoms with van der Waals surface area (Å²) < 4.78 is 28.0. The molecule has 12 nitrogen and oxygen atoms in total. The molecular weight excluding hydrogens is 639 g/mol. The third kappa shape index (κ3) is 8.53. The van der Waals surface area contributed by atoms with Crippen LogP contribution in [0.15, 0.2) is 71.0 Å². The maximum absolute atomic E-state index is 12.5. The highest BCUT2D eigenvalue weighted by Gasteiger charge is 2.32. The van der Waals surface area contributed by atoms with Gasteiger partial charge in [-0.05, 0) is 61.4 Å². The minimum absolute atomic E-state index is 0.188. The van der Waals surface area contributed by atoms with E-state index in [1.165, 1.54) is 20.4 Å². The summed E-state index contributed by atoms with van der Waals surface area (Å²) in [5, 5.41) is 20.9. The first-order valence-electron chi connectivity index (χ1n) is 14.1. The van der Waals surface area contributed by atoms with Crippen molar-refractivity contribution in [2.24, 2.45) is 5.10 Å². The number of hydrazone groups is 1. The van der Waals surface area contributed by atoms with Gasteiger partial charge in [-0.25, -0.2) is 9.59 Å². The summed E-state index contributed by atoms with van der Waals surface area (Å²) in [6.07, 6.45) is 0.287. The van der Waals surface area contributed by atoms with Crippen LogP contribution < -0.4 is 35.0 Å². The molecule has 0 unspecified atom stereocenters. The number of halogens is 2. The van der Waals surface area contributed by atoms with E-state index in [0.717, 1.165) is 5.56 Å². The number of aliphatic hydroxyl groups excluding tert-OH is 1. The molecule has 0 aliphatic carbocycles. The minimum Gasteiger partial charge on any atom is -0.493 e. The van der Waals surface area contributed by atoms with E-state index in [4.69, 9.17) is 46.9 Å². The fourth-order valence-corrected chi connectivity index (χ4v) is 4.87. The Balaban J connectivity index is 1.42. The molecule has 3 aromatic carbocycles. The molecule has 0 radical (unpaired) electrons. The van der Waals surface area contributed by atoms with Crippen molar-refractivity contribution in [2.45, 2.75) is 32.7 Å². The fourth-order valence-electron chi connectivity index (χ4n) is 4.55. The first kappa shape index (κ1) is 34.2. The fraction of sp³-hybridized carbons (Fsp3) is 0.281. The number of rotatable bonds is 14. The topological polar surface area (TPSA) is 149 Å². The predicted octanol–water partition coefficient (Wildman–Crippen LogP) is 5.10. The van der Waals surface area contributed by atoms with Crippen LogP contribution in [0, 0.1) is 0 Å². The average Bonchev–Trinajstić information content (AvgIpc) is 3.04. The zero-order chi connectivity index (χ0) is 33.2. The summed E-state index contributed by atoms with van der Waals surface area (Å²) in [7, 11) is 2.80. The largest absolute Gasteiger partial charge is 0.493 e. The van der Waals surface area contributed by atoms with Gasteiger partial charge in [0.15, 0.2) is 29.2 Å². The van der Waals surface area contributed by atoms with Gasteiger partial charge in [0.05, 0.1) is 48.7 Å². The highest BCUT2D eigenvalue weighted by molar-refractivity contribution is 6.42. The molecule has 46 heavy (non-hydrogen) atoms. The molecule has 0 saturated heterocycles. The van der Waals surface area contributed by atoms with Crippen molar-refractivity contribution in [3.8, 4) is 23.0 Å². The standard InChI is InChI=1S/C32H34Cl2N4O8/c1-5-44-26-14-20(29-28(31(40)43-4)18(2)36-32(41)37-29)10-12-24(26)45-17-27(39)38-35-15-21-7-6-8-25(42-3)30(21)46-16-19-9-11-22(33)23(34)13-19/h6-15,27,29,38-39H,5,16-17H2,1-4H3,(H2,36,37,41)/b35-15+/t27-,29-/m0/s1. The molecule has 0 aromatic heterocycles. The second-order valence-corrected chi connectivity index (χ2v) is 10.6. The van der Waals surface area contributed by atoms with Gasteiger partial charge in [-0.3, -0.25) is 5.43 Å². The molecule has 244 valence electrons. The van der Waals surface area contributed by atoms with Crippen LogP contribution in [-0.4, -0.2) is 57.0 Å². The second kappa shape index (κ2) is 16.1. The van der Waals surface area contributed by atoms with Crippen LogP contribution in [0.25, 0.3) is 0 Å². The molecule has 1 aliphatic rings. The minimum atomic E-state index is -1.20. The van der Waals surface area contributed by atoms with Crippen molar-refractivity contribution in [2.75, 3.05) is 27.4 Å². The zero-order valence-corrected chi connectivity index (χ0v) is 27.1. The van der Waals surface area contributed by atoms with Crippen LogP contribution in [-0.2, 0) is 16.1 Å². The lowest BCUT2D eigenvalue weighted by atomic mass is 9.95. The van der Waals surface area contributed by atoms with E-state index in [-0.39, 0.29) is 18.8 Å². The molecular formula is C32H34Cl2N4O8. The molecule has 2 amide bonds. The lowest BCUT2D eigenvalue weighted by Crippen LogP contribution is -2.45. The van der Waals surface area contributed by atoms with Crippen LogP contribution in [0.1, 0.15) is 36.6 Å². The van der Waals surface area contributed by atoms with E-state index in [1.54, 1.807) is 62.4 Å². The van der Waals surface area contributed by atoms with Crippen LogP contribution in [0.2, 0.25) is 10.0 Å². The third-order valence-corrected chi connectivity index (χ3v) is 7.43. The van der Waals surface area contributed by atoms with Crippen LogP contribution >= 0.6 is 23.2 Å². The molecule has 3 aromatic rings. The molecule has 0 bridgehead atoms. The molecule has 1 aliphatic heterocycles. The van der Waals surface area contributed by atoms with E-state index in [9.17, 15) is 14.7 Å². The van der Waals surface area contributed by atoms with E-state index >= 15 is 0 Å². The molecule has 2 atom stereocenters. The van der Waals surface area contributed by atoms with Crippen molar-refractivity contribution in [3.05, 3.63) is 92.6 Å². The molecule has 4 N–H and O–H groups in total. The molecule has 14 heteroatoms. The van der Waals surface area contributed by atoms with Gasteiger partial charge in [-0.15, -0.1) is 0 Å². The summed E-state index contributed by atoms with van der Waals surface area (Å²) in [5.41, 5.74) is 5.24. The number of benzene rings is 3. The normalized spacial score (nSPS) is 15.1. The average molecular weight is 674 g/mol. The first-order valence-corrected chi connectivity index (χ1v) is 14.9. The maximum atomic E-state index is 12.5. The molecule has 0 fully saturated rings. The number of nitrogens with one attached hydrogen (secondary N) is 3. The number of esters is 1. The Kier molecular flexibility index (Phi) is 12.0. The lowest BCUT2D eigenvalue weighted by molar-refractivity contribution is -0.136. The maximum Gasteiger partial charge on any atom is 0.337 e. The molecule has 4 rings (SSSR count). The van der Waals surface area contributed by atoms with E-state index < -0.39 is 24.3 Å². The van der Waals surface area contributed by atoms with Crippen LogP contribution in [0.4, 0.5) is 4.79 Å². The van der Waals surface area contributed by atoms with Crippen molar-refractivity contribution in [3.63, 3.8) is 0 Å². The van der Waals surface area contributed by atoms with Gasteiger partial charge in [-0.1, -0.05) is 41.4 Å². The van der Waals surface area contributed by atoms with Gasteiger partial charge in [0.25, 0.3) is 0 Å². The number of amides is 2. The monoisotopic (exact) mass is 672 g/mol. The zero-order valence-electron chi connectivity index (χ0n) is 25.6. The lowest BCUT2D eigenvalue weighted by Gasteiger charge is -2.28. The number of methoxy groups -OCH3 is 2. The van der Waals surface area contributed by atoms with E-state index in [2.05, 4.69) is 21.2 Å². The predicted molar refractivity (Wildman–Crippen MR) is 173 cm³/mol. The Morgan fingerprint density at radius 3 is 2.57 bits per heavy atom. The molecule has 0 saturated carbocycles. The summed E-state index contributed by atoms with van der Waals surface area (Å²) in [4.78, 5) is 24.6. The van der Waals surface area contributed by atoms with Crippen molar-refractivity contribution in [1.29, 1.82) is 0 Å². The van der Waals surface area contributed by atoms with E-state index in [1.807, 2.05) is 6.07 Å². The van der Waals surface area contributed by atoms with Crippen LogP contribution in [0.3, 0.4) is 0 Å². The van der Waals surface area contributed by atoms with Gasteiger partial charge in [0.1, 0.15) is 13.2 Å². The summed E-state index contributed by atoms with van der Waals surface area (Å²) >= 11 is 12.1. The van der Waals surface area contributed by atoms with E-state index in [0.29, 0.717) is 56.5 Å². The SMILES string of the molecule is CCOc1cc([C@@H]2NC(=O)NC(C)=C2C(=O)OC)ccc1OC[C@H](O)N/N=C/c1cccc(OC)c1OCc1ccc(Cl)c(Cl)c1. The number of carbonyl (C=O) groups is 2. The number of hydrogen-bond acceptors (Lipinski definition) is 10. The summed E-state index contributed by atoms with van der Waals surface area (Å²) in [6.45, 7) is 3.76. The van der Waals surface area contributed by atoms with Gasteiger partial charge in [0, 0.05) is 11.3 Å². The van der Waals surface area contributed by atoms with Gasteiger partial charge < -0.3 is 39.4 Å². The Hall–Kier alpha value is -4.65. The highest BCUT2D eigenvalue weighted by Crippen LogP contribution is 2.35. The Morgan fingerprint density at radius 2 is 1.85 bits per heavy atom. The number of nitrogens with zero attached hydrogens (tertiary/aromatic N) is 1. The Labute approximate surface area is 276 Å². The second-order valence-electron chi connectivity index (χ2n) is 9.83. The number of ether oxygens (including phenoxy) is 5. The highest BCUT2D eigenvalue weighted by atomic mass is 35.5. The van der Waals surface area contributed by atoms with Crippen molar-refractivity contribution < 1.29 is 38.4 Å². The van der Waals surface area contributed by atoms with Crippen LogP contribution in [0.5, 0.6) is 23.0 Å². The van der Waals surface area contributed by atoms with Crippen molar-refractivity contribution in [1.82, 2.24) is 16.1 Å². The first-order chi connectivity index (χ1) is 22.1. The number of aliphatic hydroxyl groups is 1.